The molecule has 25 heavy (non-hydrogen) atoms. The van der Waals surface area contributed by atoms with Crippen LogP contribution in [-0.2, 0) is 16.0 Å². The Kier molecular flexibility index (Phi) is 4.80. The highest BCUT2D eigenvalue weighted by Gasteiger charge is 2.35. The summed E-state index contributed by atoms with van der Waals surface area (Å²) in [5, 5.41) is 11.5. The molecule has 0 aromatic heterocycles. The third-order valence-corrected chi connectivity index (χ3v) is 4.35. The minimum atomic E-state index is -0.368. The summed E-state index contributed by atoms with van der Waals surface area (Å²) in [4.78, 5) is 26.4. The molecule has 2 amide bonds. The third-order valence-electron chi connectivity index (χ3n) is 4.35. The van der Waals surface area contributed by atoms with E-state index in [1.54, 1.807) is 17.0 Å². The van der Waals surface area contributed by atoms with E-state index in [4.69, 9.17) is 5.26 Å². The van der Waals surface area contributed by atoms with Gasteiger partial charge in [0.15, 0.2) is 0 Å². The Morgan fingerprint density at radius 2 is 1.88 bits per heavy atom. The highest BCUT2D eigenvalue weighted by atomic mass is 16.2. The van der Waals surface area contributed by atoms with Gasteiger partial charge in [0, 0.05) is 24.3 Å². The Bertz CT molecular complexity index is 820. The van der Waals surface area contributed by atoms with Gasteiger partial charge < -0.3 is 10.2 Å². The molecule has 1 saturated heterocycles. The van der Waals surface area contributed by atoms with Crippen molar-refractivity contribution in [3.8, 4) is 6.07 Å². The molecule has 2 aromatic rings. The Balaban J connectivity index is 1.64. The van der Waals surface area contributed by atoms with E-state index >= 15 is 0 Å². The molecule has 0 bridgehead atoms. The van der Waals surface area contributed by atoms with Crippen LogP contribution in [0.1, 0.15) is 17.5 Å². The Morgan fingerprint density at radius 3 is 2.52 bits per heavy atom. The highest BCUT2D eigenvalue weighted by molar-refractivity contribution is 6.03. The molecule has 5 heteroatoms. The number of anilines is 2. The van der Waals surface area contributed by atoms with E-state index < -0.39 is 0 Å². The fourth-order valence-corrected chi connectivity index (χ4v) is 2.90. The number of aryl methyl sites for hydroxylation is 1. The smallest absolute Gasteiger partial charge is 0.229 e. The molecule has 1 heterocycles. The zero-order chi connectivity index (χ0) is 17.8. The average molecular weight is 333 g/mol. The summed E-state index contributed by atoms with van der Waals surface area (Å²) in [7, 11) is 0. The zero-order valence-electron chi connectivity index (χ0n) is 14.0. The molecule has 0 unspecified atom stereocenters. The lowest BCUT2D eigenvalue weighted by atomic mass is 10.1. The van der Waals surface area contributed by atoms with Crippen molar-refractivity contribution < 1.29 is 9.59 Å². The van der Waals surface area contributed by atoms with Crippen LogP contribution in [0.15, 0.2) is 48.5 Å². The number of hydrogen-bond donors (Lipinski definition) is 1. The second kappa shape index (κ2) is 7.18. The van der Waals surface area contributed by atoms with Crippen molar-refractivity contribution in [2.75, 3.05) is 16.8 Å². The van der Waals surface area contributed by atoms with Gasteiger partial charge in [-0.25, -0.2) is 0 Å². The SMILES string of the molecule is Cc1ccc(N2C[C@@H](C(=O)Nc3ccc(CC#N)cc3)CC2=O)cc1. The van der Waals surface area contributed by atoms with Gasteiger partial charge in [0.1, 0.15) is 0 Å². The summed E-state index contributed by atoms with van der Waals surface area (Å²) in [6.45, 7) is 2.38. The number of amides is 2. The number of nitrogens with one attached hydrogen (secondary N) is 1. The number of carbonyl (C=O) groups excluding carboxylic acids is 2. The molecular weight excluding hydrogens is 314 g/mol. The van der Waals surface area contributed by atoms with Gasteiger partial charge in [-0.15, -0.1) is 0 Å². The van der Waals surface area contributed by atoms with Crippen molar-refractivity contribution >= 4 is 23.2 Å². The Hall–Kier alpha value is -3.13. The normalized spacial score (nSPS) is 16.6. The van der Waals surface area contributed by atoms with Crippen molar-refractivity contribution in [3.63, 3.8) is 0 Å². The van der Waals surface area contributed by atoms with E-state index in [9.17, 15) is 9.59 Å². The van der Waals surface area contributed by atoms with Crippen LogP contribution in [0.3, 0.4) is 0 Å². The first-order chi connectivity index (χ1) is 12.1. The molecule has 0 radical (unpaired) electrons. The molecule has 0 aliphatic carbocycles. The van der Waals surface area contributed by atoms with Crippen molar-refractivity contribution in [2.45, 2.75) is 19.8 Å². The topological polar surface area (TPSA) is 73.2 Å². The van der Waals surface area contributed by atoms with Crippen LogP contribution in [0.5, 0.6) is 0 Å². The summed E-state index contributed by atoms with van der Waals surface area (Å²) in [6.07, 6.45) is 0.559. The Labute approximate surface area is 146 Å². The van der Waals surface area contributed by atoms with E-state index in [0.717, 1.165) is 16.8 Å². The minimum absolute atomic E-state index is 0.0339. The molecule has 2 aromatic carbocycles. The fourth-order valence-electron chi connectivity index (χ4n) is 2.90. The number of hydrogen-bond acceptors (Lipinski definition) is 3. The van der Waals surface area contributed by atoms with Crippen molar-refractivity contribution in [1.29, 1.82) is 5.26 Å². The molecule has 3 rings (SSSR count). The van der Waals surface area contributed by atoms with Crippen LogP contribution in [0.4, 0.5) is 11.4 Å². The van der Waals surface area contributed by atoms with Gasteiger partial charge in [-0.3, -0.25) is 9.59 Å². The first-order valence-corrected chi connectivity index (χ1v) is 8.20. The van der Waals surface area contributed by atoms with Gasteiger partial charge in [0.25, 0.3) is 0 Å². The van der Waals surface area contributed by atoms with Crippen LogP contribution in [-0.4, -0.2) is 18.4 Å². The van der Waals surface area contributed by atoms with E-state index in [1.807, 2.05) is 43.3 Å². The summed E-state index contributed by atoms with van der Waals surface area (Å²) in [6, 6.07) is 17.0. The summed E-state index contributed by atoms with van der Waals surface area (Å²) in [5.74, 6) is -0.558. The maximum absolute atomic E-state index is 12.5. The summed E-state index contributed by atoms with van der Waals surface area (Å²) >= 11 is 0. The first-order valence-electron chi connectivity index (χ1n) is 8.20. The maximum Gasteiger partial charge on any atom is 0.229 e. The standard InChI is InChI=1S/C20H19N3O2/c1-14-2-8-18(9-3-14)23-13-16(12-19(23)24)20(25)22-17-6-4-15(5-7-17)10-11-21/h2-9,16H,10,12-13H2,1H3,(H,22,25)/t16-/m0/s1. The molecule has 0 saturated carbocycles. The monoisotopic (exact) mass is 333 g/mol. The number of rotatable bonds is 4. The quantitative estimate of drug-likeness (QED) is 0.934. The molecule has 1 aliphatic heterocycles. The number of nitrogens with zero attached hydrogens (tertiary/aromatic N) is 2. The molecule has 0 spiro atoms. The van der Waals surface area contributed by atoms with E-state index in [-0.39, 0.29) is 24.2 Å². The highest BCUT2D eigenvalue weighted by Crippen LogP contribution is 2.26. The van der Waals surface area contributed by atoms with Gasteiger partial charge in [-0.1, -0.05) is 29.8 Å². The number of carbonyl (C=O) groups is 2. The zero-order valence-corrected chi connectivity index (χ0v) is 14.0. The lowest BCUT2D eigenvalue weighted by Gasteiger charge is -2.17. The molecular formula is C20H19N3O2. The molecule has 126 valence electrons. The van der Waals surface area contributed by atoms with Crippen molar-refractivity contribution in [1.82, 2.24) is 0 Å². The number of nitriles is 1. The van der Waals surface area contributed by atoms with E-state index in [0.29, 0.717) is 18.7 Å². The van der Waals surface area contributed by atoms with Crippen LogP contribution in [0.2, 0.25) is 0 Å². The van der Waals surface area contributed by atoms with Crippen LogP contribution < -0.4 is 10.2 Å². The number of benzene rings is 2. The van der Waals surface area contributed by atoms with Crippen molar-refractivity contribution in [2.24, 2.45) is 5.92 Å². The lowest BCUT2D eigenvalue weighted by Crippen LogP contribution is -2.28. The predicted octanol–water partition coefficient (Wildman–Crippen LogP) is 3.05. The maximum atomic E-state index is 12.5. The van der Waals surface area contributed by atoms with Gasteiger partial charge in [0.05, 0.1) is 18.4 Å². The van der Waals surface area contributed by atoms with Crippen LogP contribution in [0, 0.1) is 24.2 Å². The molecule has 1 atom stereocenters. The second-order valence-electron chi connectivity index (χ2n) is 6.26. The fraction of sp³-hybridized carbons (Fsp3) is 0.250. The average Bonchev–Trinajstić information content (AvgIpc) is 3.00. The lowest BCUT2D eigenvalue weighted by molar-refractivity contribution is -0.122. The second-order valence-corrected chi connectivity index (χ2v) is 6.26. The minimum Gasteiger partial charge on any atom is -0.326 e. The molecule has 5 nitrogen and oxygen atoms in total. The van der Waals surface area contributed by atoms with Crippen molar-refractivity contribution in [3.05, 3.63) is 59.7 Å². The van der Waals surface area contributed by atoms with Gasteiger partial charge in [-0.05, 0) is 36.8 Å². The third kappa shape index (κ3) is 3.86. The largest absolute Gasteiger partial charge is 0.326 e. The predicted molar refractivity (Wildman–Crippen MR) is 96.0 cm³/mol. The molecule has 1 N–H and O–H groups in total. The molecule has 1 aliphatic rings. The first kappa shape index (κ1) is 16.7. The van der Waals surface area contributed by atoms with E-state index in [2.05, 4.69) is 11.4 Å². The summed E-state index contributed by atoms with van der Waals surface area (Å²) in [5.41, 5.74) is 3.53. The van der Waals surface area contributed by atoms with Gasteiger partial charge in [0.2, 0.25) is 11.8 Å². The Morgan fingerprint density at radius 1 is 1.20 bits per heavy atom. The van der Waals surface area contributed by atoms with Crippen LogP contribution in [0.25, 0.3) is 0 Å². The summed E-state index contributed by atoms with van der Waals surface area (Å²) < 4.78 is 0. The molecule has 1 fully saturated rings. The van der Waals surface area contributed by atoms with E-state index in [1.165, 1.54) is 0 Å². The van der Waals surface area contributed by atoms with Crippen LogP contribution >= 0.6 is 0 Å². The van der Waals surface area contributed by atoms with Gasteiger partial charge in [-0.2, -0.15) is 5.26 Å². The van der Waals surface area contributed by atoms with Gasteiger partial charge >= 0.3 is 0 Å².